The second kappa shape index (κ2) is 4.97. The quantitative estimate of drug-likeness (QED) is 0.739. The fourth-order valence-corrected chi connectivity index (χ4v) is 1.98. The van der Waals surface area contributed by atoms with Gasteiger partial charge in [0.05, 0.1) is 22.9 Å². The Labute approximate surface area is 115 Å². The molecule has 0 aliphatic rings. The van der Waals surface area contributed by atoms with Crippen LogP contribution in [0.2, 0.25) is 0 Å². The second-order valence-corrected chi connectivity index (χ2v) is 4.22. The average Bonchev–Trinajstić information content (AvgIpc) is 2.91. The van der Waals surface area contributed by atoms with Crippen LogP contribution in [-0.4, -0.2) is 20.4 Å². The molecule has 3 aromatic rings. The fraction of sp³-hybridized carbons (Fsp3) is 0. The van der Waals surface area contributed by atoms with Gasteiger partial charge in [0.25, 0.3) is 0 Å². The minimum Gasteiger partial charge on any atom is -0.322 e. The molecule has 1 aromatic carbocycles. The second-order valence-electron chi connectivity index (χ2n) is 4.22. The summed E-state index contributed by atoms with van der Waals surface area (Å²) in [6, 6.07) is 9.36. The lowest BCUT2D eigenvalue weighted by Crippen LogP contribution is -2.07. The summed E-state index contributed by atoms with van der Waals surface area (Å²) in [6.45, 7) is 3.44. The van der Waals surface area contributed by atoms with Gasteiger partial charge in [0.2, 0.25) is 5.91 Å². The number of rotatable bonds is 3. The Morgan fingerprint density at radius 3 is 3.00 bits per heavy atom. The molecular formula is C15H12N4O. The third-order valence-electron chi connectivity index (χ3n) is 2.92. The Hall–Kier alpha value is -2.95. The van der Waals surface area contributed by atoms with E-state index in [4.69, 9.17) is 0 Å². The zero-order valence-corrected chi connectivity index (χ0v) is 10.7. The first-order valence-corrected chi connectivity index (χ1v) is 6.09. The molecule has 0 atom stereocenters. The van der Waals surface area contributed by atoms with Gasteiger partial charge in [0.1, 0.15) is 6.33 Å². The van der Waals surface area contributed by atoms with Crippen molar-refractivity contribution in [2.45, 2.75) is 0 Å². The number of hydrogen-bond donors (Lipinski definition) is 1. The van der Waals surface area contributed by atoms with Crippen LogP contribution in [0.4, 0.5) is 5.69 Å². The Kier molecular flexibility index (Phi) is 3.01. The maximum atomic E-state index is 11.3. The number of hydrogen-bond acceptors (Lipinski definition) is 3. The number of imidazole rings is 1. The maximum absolute atomic E-state index is 11.3. The summed E-state index contributed by atoms with van der Waals surface area (Å²) in [5.74, 6) is -0.239. The highest BCUT2D eigenvalue weighted by Crippen LogP contribution is 2.21. The van der Waals surface area contributed by atoms with E-state index in [1.54, 1.807) is 18.7 Å². The first kappa shape index (κ1) is 12.1. The van der Waals surface area contributed by atoms with Crippen molar-refractivity contribution in [1.29, 1.82) is 0 Å². The molecule has 3 rings (SSSR count). The van der Waals surface area contributed by atoms with Crippen molar-refractivity contribution >= 4 is 22.6 Å². The number of nitrogens with one attached hydrogen (secondary N) is 1. The van der Waals surface area contributed by atoms with E-state index in [2.05, 4.69) is 21.9 Å². The number of anilines is 1. The number of nitrogens with zero attached hydrogens (tertiary/aromatic N) is 3. The molecule has 0 unspecified atom stereocenters. The summed E-state index contributed by atoms with van der Waals surface area (Å²) >= 11 is 0. The number of carbonyl (C=O) groups is 1. The van der Waals surface area contributed by atoms with E-state index in [9.17, 15) is 4.79 Å². The topological polar surface area (TPSA) is 59.8 Å². The van der Waals surface area contributed by atoms with Crippen LogP contribution in [-0.2, 0) is 4.79 Å². The van der Waals surface area contributed by atoms with Crippen molar-refractivity contribution in [2.75, 3.05) is 5.32 Å². The average molecular weight is 264 g/mol. The highest BCUT2D eigenvalue weighted by Gasteiger charge is 2.06. The van der Waals surface area contributed by atoms with Gasteiger partial charge >= 0.3 is 0 Å². The molecule has 0 radical (unpaired) electrons. The van der Waals surface area contributed by atoms with Gasteiger partial charge in [0, 0.05) is 11.9 Å². The molecule has 1 N–H and O–H groups in total. The smallest absolute Gasteiger partial charge is 0.247 e. The molecule has 5 heteroatoms. The zero-order valence-electron chi connectivity index (χ0n) is 10.7. The van der Waals surface area contributed by atoms with Gasteiger partial charge in [-0.1, -0.05) is 6.58 Å². The Bertz CT molecular complexity index is 777. The Morgan fingerprint density at radius 1 is 1.35 bits per heavy atom. The standard InChI is InChI=1S/C15H12N4O/c1-2-15(20)18-11-5-6-13-14(8-11)19(10-17-13)12-4-3-7-16-9-12/h2-10H,1H2,(H,18,20). The molecule has 0 bridgehead atoms. The minimum absolute atomic E-state index is 0.239. The summed E-state index contributed by atoms with van der Waals surface area (Å²) in [5, 5.41) is 2.74. The number of pyridine rings is 1. The molecule has 0 saturated carbocycles. The number of aromatic nitrogens is 3. The molecule has 0 aliphatic carbocycles. The maximum Gasteiger partial charge on any atom is 0.247 e. The fourth-order valence-electron chi connectivity index (χ4n) is 1.98. The summed E-state index contributed by atoms with van der Waals surface area (Å²) < 4.78 is 1.92. The van der Waals surface area contributed by atoms with Crippen LogP contribution in [0.5, 0.6) is 0 Å². The van der Waals surface area contributed by atoms with Crippen molar-refractivity contribution < 1.29 is 4.79 Å². The van der Waals surface area contributed by atoms with E-state index >= 15 is 0 Å². The van der Waals surface area contributed by atoms with Crippen LogP contribution < -0.4 is 5.32 Å². The van der Waals surface area contributed by atoms with Crippen LogP contribution >= 0.6 is 0 Å². The van der Waals surface area contributed by atoms with Gasteiger partial charge in [-0.15, -0.1) is 0 Å². The minimum atomic E-state index is -0.239. The number of amides is 1. The van der Waals surface area contributed by atoms with Crippen molar-refractivity contribution in [3.63, 3.8) is 0 Å². The van der Waals surface area contributed by atoms with Gasteiger partial charge in [-0.25, -0.2) is 4.98 Å². The first-order valence-electron chi connectivity index (χ1n) is 6.09. The monoisotopic (exact) mass is 264 g/mol. The van der Waals surface area contributed by atoms with E-state index < -0.39 is 0 Å². The Morgan fingerprint density at radius 2 is 2.25 bits per heavy atom. The number of benzene rings is 1. The van der Waals surface area contributed by atoms with Gasteiger partial charge in [-0.3, -0.25) is 14.3 Å². The normalized spacial score (nSPS) is 10.4. The largest absolute Gasteiger partial charge is 0.322 e. The van der Waals surface area contributed by atoms with Gasteiger partial charge in [-0.2, -0.15) is 0 Å². The highest BCUT2D eigenvalue weighted by atomic mass is 16.1. The van der Waals surface area contributed by atoms with E-state index in [0.29, 0.717) is 5.69 Å². The summed E-state index contributed by atoms with van der Waals surface area (Å²) in [4.78, 5) is 19.8. The number of carbonyl (C=O) groups excluding carboxylic acids is 1. The van der Waals surface area contributed by atoms with Crippen LogP contribution in [0.25, 0.3) is 16.7 Å². The van der Waals surface area contributed by atoms with E-state index in [1.807, 2.05) is 34.9 Å². The van der Waals surface area contributed by atoms with Crippen molar-refractivity contribution in [3.8, 4) is 5.69 Å². The summed E-state index contributed by atoms with van der Waals surface area (Å²) in [7, 11) is 0. The predicted molar refractivity (Wildman–Crippen MR) is 77.7 cm³/mol. The molecule has 0 saturated heterocycles. The SMILES string of the molecule is C=CC(=O)Nc1ccc2ncn(-c3cccnc3)c2c1. The third-order valence-corrected chi connectivity index (χ3v) is 2.92. The van der Waals surface area contributed by atoms with Gasteiger partial charge in [-0.05, 0) is 36.4 Å². The molecule has 2 aromatic heterocycles. The van der Waals surface area contributed by atoms with Crippen LogP contribution in [0.15, 0.2) is 61.7 Å². The third kappa shape index (κ3) is 2.16. The summed E-state index contributed by atoms with van der Waals surface area (Å²) in [5.41, 5.74) is 3.38. The molecule has 0 spiro atoms. The summed E-state index contributed by atoms with van der Waals surface area (Å²) in [6.07, 6.45) is 6.46. The molecule has 2 heterocycles. The highest BCUT2D eigenvalue weighted by molar-refractivity contribution is 6.00. The van der Waals surface area contributed by atoms with Crippen molar-refractivity contribution in [3.05, 3.63) is 61.7 Å². The van der Waals surface area contributed by atoms with Gasteiger partial charge in [0.15, 0.2) is 0 Å². The zero-order chi connectivity index (χ0) is 13.9. The Balaban J connectivity index is 2.08. The number of fused-ring (bicyclic) bond motifs is 1. The molecule has 0 fully saturated rings. The lowest BCUT2D eigenvalue weighted by atomic mass is 10.2. The first-order chi connectivity index (χ1) is 9.78. The molecular weight excluding hydrogens is 252 g/mol. The van der Waals surface area contributed by atoms with Crippen LogP contribution in [0.1, 0.15) is 0 Å². The van der Waals surface area contributed by atoms with E-state index in [0.717, 1.165) is 16.7 Å². The molecule has 98 valence electrons. The van der Waals surface area contributed by atoms with E-state index in [1.165, 1.54) is 6.08 Å². The van der Waals surface area contributed by atoms with Crippen LogP contribution in [0, 0.1) is 0 Å². The van der Waals surface area contributed by atoms with E-state index in [-0.39, 0.29) is 5.91 Å². The lowest BCUT2D eigenvalue weighted by Gasteiger charge is -2.05. The van der Waals surface area contributed by atoms with Crippen LogP contribution in [0.3, 0.4) is 0 Å². The lowest BCUT2D eigenvalue weighted by molar-refractivity contribution is -0.111. The molecule has 1 amide bonds. The molecule has 0 aliphatic heterocycles. The van der Waals surface area contributed by atoms with Crippen molar-refractivity contribution in [1.82, 2.24) is 14.5 Å². The predicted octanol–water partition coefficient (Wildman–Crippen LogP) is 2.55. The van der Waals surface area contributed by atoms with Gasteiger partial charge < -0.3 is 5.32 Å². The van der Waals surface area contributed by atoms with Crippen molar-refractivity contribution in [2.24, 2.45) is 0 Å². The molecule has 20 heavy (non-hydrogen) atoms. The molecule has 5 nitrogen and oxygen atoms in total.